The van der Waals surface area contributed by atoms with Crippen molar-refractivity contribution in [2.75, 3.05) is 13.8 Å². The van der Waals surface area contributed by atoms with Gasteiger partial charge in [0.1, 0.15) is 5.75 Å². The van der Waals surface area contributed by atoms with Gasteiger partial charge in [0.2, 0.25) is 0 Å². The average Bonchev–Trinajstić information content (AvgIpc) is 2.81. The van der Waals surface area contributed by atoms with Crippen molar-refractivity contribution in [2.45, 2.75) is 13.3 Å². The summed E-state index contributed by atoms with van der Waals surface area (Å²) in [7, 11) is 1.11. The SMILES string of the molecule is COc1ccccc1P(C)c1cccc2c1C(=O)C(C)C2. The lowest BCUT2D eigenvalue weighted by molar-refractivity contribution is 0.0947. The van der Waals surface area contributed by atoms with Crippen molar-refractivity contribution < 1.29 is 9.53 Å². The largest absolute Gasteiger partial charge is 0.496 e. The summed E-state index contributed by atoms with van der Waals surface area (Å²) in [6.07, 6.45) is 0.872. The van der Waals surface area contributed by atoms with Crippen LogP contribution >= 0.6 is 7.92 Å². The number of carbonyl (C=O) groups excluding carboxylic acids is 1. The fourth-order valence-corrected chi connectivity index (χ4v) is 4.99. The number of ether oxygens (including phenoxy) is 1. The van der Waals surface area contributed by atoms with E-state index in [1.165, 1.54) is 16.2 Å². The highest BCUT2D eigenvalue weighted by atomic mass is 31.1. The van der Waals surface area contributed by atoms with E-state index in [1.807, 2.05) is 25.1 Å². The topological polar surface area (TPSA) is 26.3 Å². The van der Waals surface area contributed by atoms with Crippen LogP contribution in [-0.4, -0.2) is 19.6 Å². The maximum Gasteiger partial charge on any atom is 0.166 e. The Morgan fingerprint density at radius 3 is 2.57 bits per heavy atom. The molecule has 0 heterocycles. The van der Waals surface area contributed by atoms with Gasteiger partial charge in [-0.25, -0.2) is 0 Å². The van der Waals surface area contributed by atoms with E-state index in [0.717, 1.165) is 17.7 Å². The van der Waals surface area contributed by atoms with E-state index in [1.54, 1.807) is 7.11 Å². The highest BCUT2D eigenvalue weighted by Gasteiger charge is 2.31. The van der Waals surface area contributed by atoms with Crippen LogP contribution in [0.25, 0.3) is 0 Å². The number of methoxy groups -OCH3 is 1. The smallest absolute Gasteiger partial charge is 0.166 e. The van der Waals surface area contributed by atoms with E-state index in [9.17, 15) is 4.79 Å². The van der Waals surface area contributed by atoms with E-state index in [2.05, 4.69) is 30.9 Å². The third-order valence-corrected chi connectivity index (χ3v) is 6.34. The van der Waals surface area contributed by atoms with Crippen molar-refractivity contribution in [1.82, 2.24) is 0 Å². The van der Waals surface area contributed by atoms with Crippen LogP contribution in [-0.2, 0) is 6.42 Å². The Bertz CT molecular complexity index is 693. The van der Waals surface area contributed by atoms with E-state index < -0.39 is 7.92 Å². The quantitative estimate of drug-likeness (QED) is 0.814. The van der Waals surface area contributed by atoms with Crippen LogP contribution < -0.4 is 15.3 Å². The number of para-hydroxylation sites is 1. The van der Waals surface area contributed by atoms with Gasteiger partial charge in [0.25, 0.3) is 0 Å². The van der Waals surface area contributed by atoms with Crippen molar-refractivity contribution >= 4 is 24.3 Å². The molecule has 108 valence electrons. The first kappa shape index (κ1) is 14.3. The van der Waals surface area contributed by atoms with Crippen LogP contribution in [0, 0.1) is 5.92 Å². The molecule has 1 aliphatic rings. The van der Waals surface area contributed by atoms with Gasteiger partial charge in [0, 0.05) is 16.8 Å². The van der Waals surface area contributed by atoms with Crippen LogP contribution in [0.15, 0.2) is 42.5 Å². The molecule has 3 rings (SSSR count). The van der Waals surface area contributed by atoms with Crippen LogP contribution in [0.5, 0.6) is 5.75 Å². The van der Waals surface area contributed by atoms with E-state index >= 15 is 0 Å². The molecule has 0 aliphatic heterocycles. The summed E-state index contributed by atoms with van der Waals surface area (Å²) in [5, 5.41) is 2.37. The van der Waals surface area contributed by atoms with Crippen molar-refractivity contribution in [3.05, 3.63) is 53.6 Å². The van der Waals surface area contributed by atoms with Crippen LogP contribution in [0.4, 0.5) is 0 Å². The monoisotopic (exact) mass is 298 g/mol. The second kappa shape index (κ2) is 5.61. The normalized spacial score (nSPS) is 18.4. The van der Waals surface area contributed by atoms with E-state index in [4.69, 9.17) is 4.74 Å². The van der Waals surface area contributed by atoms with Gasteiger partial charge in [-0.15, -0.1) is 0 Å². The summed E-state index contributed by atoms with van der Waals surface area (Å²) >= 11 is 0. The van der Waals surface area contributed by atoms with Crippen LogP contribution in [0.2, 0.25) is 0 Å². The Balaban J connectivity index is 2.10. The lowest BCUT2D eigenvalue weighted by Crippen LogP contribution is -2.19. The zero-order chi connectivity index (χ0) is 15.0. The van der Waals surface area contributed by atoms with Gasteiger partial charge in [0.05, 0.1) is 7.11 Å². The highest BCUT2D eigenvalue weighted by Crippen LogP contribution is 2.37. The number of fused-ring (bicyclic) bond motifs is 1. The summed E-state index contributed by atoms with van der Waals surface area (Å²) in [4.78, 5) is 12.5. The molecule has 0 amide bonds. The number of ketones is 1. The Morgan fingerprint density at radius 2 is 1.81 bits per heavy atom. The van der Waals surface area contributed by atoms with Crippen molar-refractivity contribution in [1.29, 1.82) is 0 Å². The summed E-state index contributed by atoms with van der Waals surface area (Å²) in [5.41, 5.74) is 2.17. The molecule has 21 heavy (non-hydrogen) atoms. The molecule has 0 fully saturated rings. The zero-order valence-corrected chi connectivity index (χ0v) is 13.5. The van der Waals surface area contributed by atoms with Gasteiger partial charge in [-0.2, -0.15) is 0 Å². The highest BCUT2D eigenvalue weighted by molar-refractivity contribution is 7.72. The first-order valence-corrected chi connectivity index (χ1v) is 8.95. The maximum atomic E-state index is 12.5. The van der Waals surface area contributed by atoms with E-state index in [0.29, 0.717) is 5.78 Å². The minimum Gasteiger partial charge on any atom is -0.496 e. The average molecular weight is 298 g/mol. The molecule has 1 aliphatic carbocycles. The van der Waals surface area contributed by atoms with Crippen LogP contribution in [0.1, 0.15) is 22.8 Å². The number of hydrogen-bond acceptors (Lipinski definition) is 2. The third-order valence-electron chi connectivity index (χ3n) is 4.16. The summed E-state index contributed by atoms with van der Waals surface area (Å²) in [5.74, 6) is 1.31. The molecule has 2 aromatic carbocycles. The Labute approximate surface area is 126 Å². The first-order chi connectivity index (χ1) is 10.1. The molecule has 0 radical (unpaired) electrons. The zero-order valence-electron chi connectivity index (χ0n) is 12.6. The summed E-state index contributed by atoms with van der Waals surface area (Å²) < 4.78 is 5.49. The molecular weight excluding hydrogens is 279 g/mol. The Morgan fingerprint density at radius 1 is 1.10 bits per heavy atom. The number of Topliss-reactive ketones (excluding diaryl/α,β-unsaturated/α-hetero) is 1. The van der Waals surface area contributed by atoms with Gasteiger partial charge >= 0.3 is 0 Å². The molecule has 0 saturated heterocycles. The third kappa shape index (κ3) is 2.38. The van der Waals surface area contributed by atoms with Crippen molar-refractivity contribution in [3.63, 3.8) is 0 Å². The second-order valence-corrected chi connectivity index (χ2v) is 7.59. The molecule has 2 unspecified atom stereocenters. The number of carbonyl (C=O) groups is 1. The standard InChI is InChI=1S/C18H19O2P/c1-12-11-13-7-6-10-16(17(13)18(12)19)21(3)15-9-5-4-8-14(15)20-2/h4-10,12H,11H2,1-3H3. The summed E-state index contributed by atoms with van der Waals surface area (Å²) in [6.45, 7) is 4.23. The summed E-state index contributed by atoms with van der Waals surface area (Å²) in [6, 6.07) is 14.4. The molecule has 0 N–H and O–H groups in total. The lowest BCUT2D eigenvalue weighted by Gasteiger charge is -2.19. The molecule has 2 atom stereocenters. The fourth-order valence-electron chi connectivity index (χ4n) is 3.03. The van der Waals surface area contributed by atoms with Gasteiger partial charge in [-0.1, -0.05) is 43.3 Å². The number of benzene rings is 2. The predicted molar refractivity (Wildman–Crippen MR) is 88.7 cm³/mol. The van der Waals surface area contributed by atoms with Gasteiger partial charge in [0.15, 0.2) is 5.78 Å². The Hall–Kier alpha value is -1.66. The van der Waals surface area contributed by atoms with Gasteiger partial charge in [-0.3, -0.25) is 4.79 Å². The lowest BCUT2D eigenvalue weighted by atomic mass is 10.1. The molecule has 0 aromatic heterocycles. The number of rotatable bonds is 3. The molecule has 2 nitrogen and oxygen atoms in total. The van der Waals surface area contributed by atoms with E-state index in [-0.39, 0.29) is 5.92 Å². The predicted octanol–water partition coefficient (Wildman–Crippen LogP) is 3.13. The molecule has 2 aromatic rings. The van der Waals surface area contributed by atoms with Crippen molar-refractivity contribution in [3.8, 4) is 5.75 Å². The second-order valence-electron chi connectivity index (χ2n) is 5.51. The molecular formula is C18H19O2P. The molecule has 3 heteroatoms. The number of hydrogen-bond donors (Lipinski definition) is 0. The molecule has 0 bridgehead atoms. The van der Waals surface area contributed by atoms with Gasteiger partial charge in [-0.05, 0) is 37.9 Å². The Kier molecular flexibility index (Phi) is 3.82. The minimum atomic E-state index is -0.592. The van der Waals surface area contributed by atoms with Crippen molar-refractivity contribution in [2.24, 2.45) is 5.92 Å². The van der Waals surface area contributed by atoms with Gasteiger partial charge < -0.3 is 4.74 Å². The first-order valence-electron chi connectivity index (χ1n) is 7.16. The molecule has 0 spiro atoms. The fraction of sp³-hybridized carbons (Fsp3) is 0.278. The minimum absolute atomic E-state index is 0.113. The maximum absolute atomic E-state index is 12.5. The molecule has 0 saturated carbocycles. The van der Waals surface area contributed by atoms with Crippen LogP contribution in [0.3, 0.4) is 0 Å².